The zero-order valence-corrected chi connectivity index (χ0v) is 19.6. The minimum atomic E-state index is -1.40. The van der Waals surface area contributed by atoms with Crippen molar-refractivity contribution in [3.63, 3.8) is 0 Å². The van der Waals surface area contributed by atoms with Crippen LogP contribution in [0, 0.1) is 5.92 Å². The molecule has 0 radical (unpaired) electrons. The molecule has 11 nitrogen and oxygen atoms in total. The van der Waals surface area contributed by atoms with E-state index >= 15 is 0 Å². The summed E-state index contributed by atoms with van der Waals surface area (Å²) >= 11 is 5.39. The molecule has 13 heteroatoms. The summed E-state index contributed by atoms with van der Waals surface area (Å²) in [7, 11) is 0. The molecule has 0 saturated heterocycles. The Balaban J connectivity index is 5.43. The number of carbonyl (C=O) groups excluding carboxylic acids is 4. The van der Waals surface area contributed by atoms with Crippen molar-refractivity contribution >= 4 is 54.0 Å². The first-order valence-electron chi connectivity index (χ1n) is 9.70. The topological polar surface area (TPSA) is 194 Å². The molecule has 178 valence electrons. The maximum atomic E-state index is 12.7. The number of thioether (sulfide) groups is 1. The lowest BCUT2D eigenvalue weighted by Gasteiger charge is -2.25. The Labute approximate surface area is 191 Å². The van der Waals surface area contributed by atoms with E-state index < -0.39 is 60.2 Å². The Morgan fingerprint density at radius 3 is 1.94 bits per heavy atom. The normalized spacial score (nSPS) is 14.8. The molecule has 0 heterocycles. The second-order valence-electron chi connectivity index (χ2n) is 7.39. The van der Waals surface area contributed by atoms with Crippen LogP contribution in [-0.2, 0) is 24.0 Å². The van der Waals surface area contributed by atoms with Crippen LogP contribution in [0.15, 0.2) is 0 Å². The highest BCUT2D eigenvalue weighted by Gasteiger charge is 2.31. The van der Waals surface area contributed by atoms with Crippen LogP contribution in [-0.4, -0.2) is 76.6 Å². The standard InChI is InChI=1S/C18H33N5O6S2/c1-9(2)6-13(18(28)29)23-17(27)12(7-14(20)24)22-16(26)11(4-5-31-3)21-15(25)10(19)8-30/h9-13,30H,4-8,19H2,1-3H3,(H2,20,24)(H,21,25)(H,22,26)(H,23,27)(H,28,29). The predicted octanol–water partition coefficient (Wildman–Crippen LogP) is -1.54. The van der Waals surface area contributed by atoms with Crippen LogP contribution in [0.2, 0.25) is 0 Å². The van der Waals surface area contributed by atoms with Crippen molar-refractivity contribution in [3.8, 4) is 0 Å². The largest absolute Gasteiger partial charge is 0.480 e. The van der Waals surface area contributed by atoms with E-state index in [0.29, 0.717) is 5.75 Å². The van der Waals surface area contributed by atoms with Crippen molar-refractivity contribution in [1.82, 2.24) is 16.0 Å². The summed E-state index contributed by atoms with van der Waals surface area (Å²) in [5.41, 5.74) is 10.8. The first-order valence-corrected chi connectivity index (χ1v) is 11.7. The van der Waals surface area contributed by atoms with Crippen molar-refractivity contribution in [2.24, 2.45) is 17.4 Å². The quantitative estimate of drug-likeness (QED) is 0.137. The van der Waals surface area contributed by atoms with Gasteiger partial charge in [-0.05, 0) is 30.8 Å². The first kappa shape index (κ1) is 29.0. The Hall–Kier alpha value is -1.99. The third-order valence-corrected chi connectivity index (χ3v) is 5.17. The van der Waals surface area contributed by atoms with E-state index in [9.17, 15) is 29.1 Å². The van der Waals surface area contributed by atoms with Crippen LogP contribution in [0.4, 0.5) is 0 Å². The fourth-order valence-corrected chi connectivity index (χ4v) is 3.15. The fourth-order valence-electron chi connectivity index (χ4n) is 2.51. The molecule has 0 aromatic carbocycles. The summed E-state index contributed by atoms with van der Waals surface area (Å²) in [6, 6.07) is -4.53. The van der Waals surface area contributed by atoms with E-state index in [1.54, 1.807) is 13.8 Å². The Kier molecular flexibility index (Phi) is 14.0. The zero-order chi connectivity index (χ0) is 24.1. The van der Waals surface area contributed by atoms with Gasteiger partial charge >= 0.3 is 5.97 Å². The number of thiol groups is 1. The van der Waals surface area contributed by atoms with Crippen molar-refractivity contribution in [2.45, 2.75) is 57.3 Å². The molecular formula is C18H33N5O6S2. The van der Waals surface area contributed by atoms with Crippen LogP contribution in [0.25, 0.3) is 0 Å². The number of carbonyl (C=O) groups is 5. The summed E-state index contributed by atoms with van der Waals surface area (Å²) in [6.07, 6.45) is 1.69. The van der Waals surface area contributed by atoms with Crippen LogP contribution in [0.1, 0.15) is 33.1 Å². The van der Waals surface area contributed by atoms with Gasteiger partial charge < -0.3 is 32.5 Å². The van der Waals surface area contributed by atoms with Gasteiger partial charge in [-0.25, -0.2) is 4.79 Å². The Bertz CT molecular complexity index is 649. The number of carboxylic acids is 1. The average Bonchev–Trinajstić information content (AvgIpc) is 2.68. The molecule has 0 aromatic rings. The number of carboxylic acid groups (broad SMARTS) is 1. The number of hydrogen-bond donors (Lipinski definition) is 7. The molecule has 31 heavy (non-hydrogen) atoms. The van der Waals surface area contributed by atoms with Gasteiger partial charge in [-0.1, -0.05) is 13.8 Å². The fraction of sp³-hybridized carbons (Fsp3) is 0.722. The van der Waals surface area contributed by atoms with Gasteiger partial charge in [0.25, 0.3) is 0 Å². The first-order chi connectivity index (χ1) is 14.4. The number of amides is 4. The molecule has 0 spiro atoms. The molecule has 0 aliphatic rings. The van der Waals surface area contributed by atoms with E-state index in [-0.39, 0.29) is 24.5 Å². The minimum Gasteiger partial charge on any atom is -0.480 e. The second-order valence-corrected chi connectivity index (χ2v) is 8.74. The van der Waals surface area contributed by atoms with Gasteiger partial charge in [0.1, 0.15) is 18.1 Å². The van der Waals surface area contributed by atoms with Gasteiger partial charge in [0, 0.05) is 5.75 Å². The highest BCUT2D eigenvalue weighted by atomic mass is 32.2. The molecule has 4 amide bonds. The molecule has 0 aliphatic heterocycles. The van der Waals surface area contributed by atoms with Crippen molar-refractivity contribution < 1.29 is 29.1 Å². The van der Waals surface area contributed by atoms with Gasteiger partial charge in [0.2, 0.25) is 23.6 Å². The lowest BCUT2D eigenvalue weighted by molar-refractivity contribution is -0.143. The van der Waals surface area contributed by atoms with Crippen LogP contribution < -0.4 is 27.4 Å². The molecule has 0 fully saturated rings. The number of hydrogen-bond acceptors (Lipinski definition) is 8. The molecule has 0 saturated carbocycles. The molecule has 0 aromatic heterocycles. The molecular weight excluding hydrogens is 446 g/mol. The highest BCUT2D eigenvalue weighted by Crippen LogP contribution is 2.07. The average molecular weight is 480 g/mol. The summed E-state index contributed by atoms with van der Waals surface area (Å²) in [4.78, 5) is 60.3. The highest BCUT2D eigenvalue weighted by molar-refractivity contribution is 7.98. The molecule has 4 atom stereocenters. The summed E-state index contributed by atoms with van der Waals surface area (Å²) in [5.74, 6) is -3.69. The van der Waals surface area contributed by atoms with Crippen molar-refractivity contribution in [1.29, 1.82) is 0 Å². The summed E-state index contributed by atoms with van der Waals surface area (Å²) in [5, 5.41) is 16.5. The van der Waals surface area contributed by atoms with E-state index in [1.165, 1.54) is 11.8 Å². The van der Waals surface area contributed by atoms with Gasteiger partial charge in [0.05, 0.1) is 12.5 Å². The Morgan fingerprint density at radius 2 is 1.48 bits per heavy atom. The lowest BCUT2D eigenvalue weighted by Crippen LogP contribution is -2.58. The number of rotatable bonds is 15. The Morgan fingerprint density at radius 1 is 0.968 bits per heavy atom. The van der Waals surface area contributed by atoms with Crippen LogP contribution in [0.5, 0.6) is 0 Å². The number of nitrogens with two attached hydrogens (primary N) is 2. The van der Waals surface area contributed by atoms with Gasteiger partial charge in [-0.15, -0.1) is 0 Å². The molecule has 4 unspecified atom stereocenters. The molecule has 8 N–H and O–H groups in total. The monoisotopic (exact) mass is 479 g/mol. The molecule has 0 bridgehead atoms. The van der Waals surface area contributed by atoms with Gasteiger partial charge in [0.15, 0.2) is 0 Å². The second kappa shape index (κ2) is 14.9. The van der Waals surface area contributed by atoms with E-state index in [2.05, 4.69) is 28.6 Å². The van der Waals surface area contributed by atoms with Gasteiger partial charge in [-0.2, -0.15) is 24.4 Å². The predicted molar refractivity (Wildman–Crippen MR) is 122 cm³/mol. The van der Waals surface area contributed by atoms with Crippen LogP contribution >= 0.6 is 24.4 Å². The molecule has 0 aliphatic carbocycles. The molecule has 0 rings (SSSR count). The number of primary amides is 1. The van der Waals surface area contributed by atoms with E-state index in [0.717, 1.165) is 0 Å². The van der Waals surface area contributed by atoms with Crippen molar-refractivity contribution in [3.05, 3.63) is 0 Å². The van der Waals surface area contributed by atoms with E-state index in [4.69, 9.17) is 11.5 Å². The minimum absolute atomic E-state index is 0.0206. The smallest absolute Gasteiger partial charge is 0.326 e. The lowest BCUT2D eigenvalue weighted by atomic mass is 10.0. The number of nitrogens with one attached hydrogen (secondary N) is 3. The maximum absolute atomic E-state index is 12.7. The summed E-state index contributed by atoms with van der Waals surface area (Å²) < 4.78 is 0. The number of aliphatic carboxylic acids is 1. The van der Waals surface area contributed by atoms with Crippen LogP contribution in [0.3, 0.4) is 0 Å². The third-order valence-electron chi connectivity index (χ3n) is 4.14. The zero-order valence-electron chi connectivity index (χ0n) is 17.9. The SMILES string of the molecule is CSCCC(NC(=O)C(N)CS)C(=O)NC(CC(N)=O)C(=O)NC(CC(C)C)C(=O)O. The summed E-state index contributed by atoms with van der Waals surface area (Å²) in [6.45, 7) is 3.58. The maximum Gasteiger partial charge on any atom is 0.326 e. The van der Waals surface area contributed by atoms with Crippen molar-refractivity contribution in [2.75, 3.05) is 17.8 Å². The van der Waals surface area contributed by atoms with Gasteiger partial charge in [-0.3, -0.25) is 19.2 Å². The third kappa shape index (κ3) is 11.8. The van der Waals surface area contributed by atoms with E-state index in [1.807, 2.05) is 6.26 Å².